The van der Waals surface area contributed by atoms with Gasteiger partial charge in [-0.15, -0.1) is 0 Å². The van der Waals surface area contributed by atoms with Crippen LogP contribution in [0.5, 0.6) is 0 Å². The summed E-state index contributed by atoms with van der Waals surface area (Å²) >= 11 is 0. The molecule has 0 radical (unpaired) electrons. The van der Waals surface area contributed by atoms with E-state index in [0.29, 0.717) is 11.1 Å². The number of rotatable bonds is 2. The predicted molar refractivity (Wildman–Crippen MR) is 152 cm³/mol. The summed E-state index contributed by atoms with van der Waals surface area (Å²) in [5, 5.41) is 11.4. The fraction of sp³-hybridized carbons (Fsp3) is 0.0588. The summed E-state index contributed by atoms with van der Waals surface area (Å²) in [7, 11) is 1.42. The van der Waals surface area contributed by atoms with Crippen molar-refractivity contribution < 1.29 is 14.3 Å². The Kier molecular flexibility index (Phi) is 4.58. The average Bonchev–Trinajstić information content (AvgIpc) is 2.92. The third-order valence-electron chi connectivity index (χ3n) is 7.60. The van der Waals surface area contributed by atoms with Crippen LogP contribution >= 0.6 is 0 Å². The van der Waals surface area contributed by atoms with Gasteiger partial charge in [0.2, 0.25) is 5.78 Å². The number of hydrogen-bond acceptors (Lipinski definition) is 3. The molecule has 176 valence electrons. The molecule has 0 heterocycles. The molecule has 0 saturated carbocycles. The van der Waals surface area contributed by atoms with E-state index in [0.717, 1.165) is 37.9 Å². The second kappa shape index (κ2) is 7.87. The molecule has 0 amide bonds. The number of methoxy groups -OCH3 is 1. The van der Waals surface area contributed by atoms with E-state index >= 15 is 0 Å². The van der Waals surface area contributed by atoms with Crippen molar-refractivity contribution in [1.82, 2.24) is 0 Å². The molecule has 37 heavy (non-hydrogen) atoms. The first-order valence-corrected chi connectivity index (χ1v) is 12.3. The zero-order chi connectivity index (χ0) is 25.3. The quantitative estimate of drug-likeness (QED) is 0.144. The Balaban J connectivity index is 1.54. The van der Waals surface area contributed by atoms with Crippen molar-refractivity contribution in [3.05, 3.63) is 114 Å². The lowest BCUT2D eigenvalue weighted by atomic mass is 9.86. The third-order valence-corrected chi connectivity index (χ3v) is 7.60. The van der Waals surface area contributed by atoms with Crippen molar-refractivity contribution in [2.75, 3.05) is 7.11 Å². The number of allylic oxidation sites excluding steroid dienone is 3. The molecule has 0 unspecified atom stereocenters. The predicted octanol–water partition coefficient (Wildman–Crippen LogP) is 7.91. The summed E-state index contributed by atoms with van der Waals surface area (Å²) in [6.45, 7) is 1.71. The van der Waals surface area contributed by atoms with Crippen LogP contribution in [0.15, 0.2) is 108 Å². The van der Waals surface area contributed by atoms with Crippen LogP contribution < -0.4 is 0 Å². The van der Waals surface area contributed by atoms with Crippen LogP contribution in [0.2, 0.25) is 0 Å². The van der Waals surface area contributed by atoms with Gasteiger partial charge in [-0.2, -0.15) is 0 Å². The third kappa shape index (κ3) is 3.21. The lowest BCUT2D eigenvalue weighted by molar-refractivity contribution is -0.116. The van der Waals surface area contributed by atoms with Crippen LogP contribution in [0.4, 0.5) is 0 Å². The summed E-state index contributed by atoms with van der Waals surface area (Å²) in [5.41, 5.74) is 1.60. The second-order valence-corrected chi connectivity index (χ2v) is 9.69. The number of carbonyl (C=O) groups excluding carboxylic acids is 2. The van der Waals surface area contributed by atoms with Crippen LogP contribution in [-0.4, -0.2) is 18.7 Å². The van der Waals surface area contributed by atoms with Crippen LogP contribution in [0.3, 0.4) is 0 Å². The molecule has 0 aliphatic heterocycles. The van der Waals surface area contributed by atoms with E-state index in [2.05, 4.69) is 72.8 Å². The fourth-order valence-corrected chi connectivity index (χ4v) is 5.68. The molecular formula is C34H22O3. The molecule has 0 spiro atoms. The topological polar surface area (TPSA) is 43.4 Å². The molecule has 0 N–H and O–H groups in total. The second-order valence-electron chi connectivity index (χ2n) is 9.69. The summed E-state index contributed by atoms with van der Waals surface area (Å²) < 4.78 is 5.24. The van der Waals surface area contributed by atoms with Crippen molar-refractivity contribution >= 4 is 71.0 Å². The smallest absolute Gasteiger partial charge is 0.228 e. The van der Waals surface area contributed by atoms with Crippen LogP contribution in [-0.2, 0) is 14.3 Å². The van der Waals surface area contributed by atoms with Crippen molar-refractivity contribution in [3.63, 3.8) is 0 Å². The first-order chi connectivity index (χ1) is 18.0. The van der Waals surface area contributed by atoms with E-state index in [9.17, 15) is 9.59 Å². The summed E-state index contributed by atoms with van der Waals surface area (Å²) in [6.07, 6.45) is 1.28. The maximum Gasteiger partial charge on any atom is 0.228 e. The molecule has 3 heteroatoms. The lowest BCUT2D eigenvalue weighted by Gasteiger charge is -2.18. The zero-order valence-corrected chi connectivity index (χ0v) is 20.5. The van der Waals surface area contributed by atoms with E-state index < -0.39 is 0 Å². The van der Waals surface area contributed by atoms with E-state index in [1.165, 1.54) is 34.7 Å². The Morgan fingerprint density at radius 1 is 0.568 bits per heavy atom. The van der Waals surface area contributed by atoms with Gasteiger partial charge < -0.3 is 4.74 Å². The molecule has 3 nitrogen and oxygen atoms in total. The first-order valence-electron chi connectivity index (χ1n) is 12.3. The first kappa shape index (κ1) is 21.5. The Morgan fingerprint density at radius 3 is 1.84 bits per heavy atom. The SMILES string of the molecule is COC1=CC(=O)C(C)=C(c2cccc3cc4ccc5cc6cc7ccccc7cc6cc5c4cc23)C1=O. The number of carbonyl (C=O) groups is 2. The molecule has 0 bridgehead atoms. The molecule has 0 atom stereocenters. The summed E-state index contributed by atoms with van der Waals surface area (Å²) in [6, 6.07) is 32.0. The molecule has 1 aliphatic rings. The summed E-state index contributed by atoms with van der Waals surface area (Å²) in [5.74, 6) is -0.385. The molecular weight excluding hydrogens is 456 g/mol. The highest BCUT2D eigenvalue weighted by Gasteiger charge is 2.29. The minimum Gasteiger partial charge on any atom is -0.492 e. The van der Waals surface area contributed by atoms with Gasteiger partial charge in [0.05, 0.1) is 7.11 Å². The van der Waals surface area contributed by atoms with E-state index in [-0.39, 0.29) is 17.3 Å². The monoisotopic (exact) mass is 478 g/mol. The molecule has 7 rings (SSSR count). The van der Waals surface area contributed by atoms with Gasteiger partial charge in [-0.25, -0.2) is 0 Å². The fourth-order valence-electron chi connectivity index (χ4n) is 5.68. The van der Waals surface area contributed by atoms with Gasteiger partial charge in [0.25, 0.3) is 0 Å². The molecule has 1 aliphatic carbocycles. The van der Waals surface area contributed by atoms with Gasteiger partial charge in [0, 0.05) is 17.2 Å². The Bertz CT molecular complexity index is 2060. The number of Topliss-reactive ketones (excluding diaryl/α,β-unsaturated/α-hetero) is 1. The largest absolute Gasteiger partial charge is 0.492 e. The Labute approximate surface area is 213 Å². The van der Waals surface area contributed by atoms with Gasteiger partial charge in [0.15, 0.2) is 11.5 Å². The maximum absolute atomic E-state index is 13.3. The van der Waals surface area contributed by atoms with E-state index in [1.807, 2.05) is 18.2 Å². The number of benzene rings is 6. The van der Waals surface area contributed by atoms with Crippen LogP contribution in [0.1, 0.15) is 12.5 Å². The number of ether oxygens (including phenoxy) is 1. The van der Waals surface area contributed by atoms with Gasteiger partial charge in [-0.05, 0) is 103 Å². The van der Waals surface area contributed by atoms with Crippen LogP contribution in [0.25, 0.3) is 59.4 Å². The van der Waals surface area contributed by atoms with E-state index in [1.54, 1.807) is 6.92 Å². The summed E-state index contributed by atoms with van der Waals surface area (Å²) in [4.78, 5) is 25.9. The van der Waals surface area contributed by atoms with Gasteiger partial charge in [0.1, 0.15) is 0 Å². The number of hydrogen-bond donors (Lipinski definition) is 0. The molecule has 6 aromatic rings. The van der Waals surface area contributed by atoms with Crippen molar-refractivity contribution in [3.8, 4) is 0 Å². The normalized spacial score (nSPS) is 14.4. The molecule has 6 aromatic carbocycles. The average molecular weight is 479 g/mol. The minimum atomic E-state index is -0.261. The number of fused-ring (bicyclic) bond motifs is 6. The Hall–Kier alpha value is -4.76. The van der Waals surface area contributed by atoms with Crippen molar-refractivity contribution in [2.24, 2.45) is 0 Å². The highest BCUT2D eigenvalue weighted by molar-refractivity contribution is 6.39. The lowest BCUT2D eigenvalue weighted by Crippen LogP contribution is -2.18. The maximum atomic E-state index is 13.3. The van der Waals surface area contributed by atoms with Gasteiger partial charge >= 0.3 is 0 Å². The van der Waals surface area contributed by atoms with Gasteiger partial charge in [-0.3, -0.25) is 9.59 Å². The van der Waals surface area contributed by atoms with Crippen molar-refractivity contribution in [2.45, 2.75) is 6.92 Å². The number of ketones is 2. The molecule has 0 aromatic heterocycles. The minimum absolute atomic E-state index is 0.0764. The molecule has 0 fully saturated rings. The van der Waals surface area contributed by atoms with E-state index in [4.69, 9.17) is 4.74 Å². The standard InChI is InChI=1S/C34H22O3/c1-19-31(35)18-32(37-2)34(36)33(19)27-9-5-8-22-14-23-10-11-24-15-25-12-20-6-3-4-7-21(20)13-26(25)16-28(24)30(23)17-29(22)27/h3-18H,1-2H3. The van der Waals surface area contributed by atoms with Crippen LogP contribution in [0, 0.1) is 0 Å². The molecule has 0 saturated heterocycles. The highest BCUT2D eigenvalue weighted by atomic mass is 16.5. The Morgan fingerprint density at radius 2 is 1.14 bits per heavy atom. The zero-order valence-electron chi connectivity index (χ0n) is 20.5. The highest BCUT2D eigenvalue weighted by Crippen LogP contribution is 2.37. The van der Waals surface area contributed by atoms with Gasteiger partial charge in [-0.1, -0.05) is 54.6 Å². The van der Waals surface area contributed by atoms with Crippen molar-refractivity contribution in [1.29, 1.82) is 0 Å².